The Balaban J connectivity index is 1.70. The normalized spacial score (nSPS) is 11.5. The molecule has 2 amide bonds. The molecule has 2 N–H and O–H groups in total. The summed E-state index contributed by atoms with van der Waals surface area (Å²) < 4.78 is 82.3. The third-order valence-electron chi connectivity index (χ3n) is 3.63. The van der Waals surface area contributed by atoms with Crippen LogP contribution in [-0.2, 0) is 11.0 Å². The molecule has 8 nitrogen and oxygen atoms in total. The van der Waals surface area contributed by atoms with Crippen LogP contribution in [0.2, 0.25) is 0 Å². The number of hydrogen-bond donors (Lipinski definition) is 2. The van der Waals surface area contributed by atoms with E-state index >= 15 is 0 Å². The Morgan fingerprint density at radius 2 is 1.64 bits per heavy atom. The first-order valence-electron chi connectivity index (χ1n) is 8.97. The largest absolute Gasteiger partial charge is 0.573 e. The summed E-state index contributed by atoms with van der Waals surface area (Å²) in [4.78, 5) is 30.5. The molecule has 2 heterocycles. The van der Waals surface area contributed by atoms with Crippen LogP contribution in [0, 0.1) is 0 Å². The molecule has 0 saturated carbocycles. The Morgan fingerprint density at radius 1 is 0.970 bits per heavy atom. The number of rotatable bonds is 9. The summed E-state index contributed by atoms with van der Waals surface area (Å²) in [5, 5.41) is 4.82. The van der Waals surface area contributed by atoms with Crippen molar-refractivity contribution in [2.75, 3.05) is 13.2 Å². The molecule has 0 fully saturated rings. The Labute approximate surface area is 182 Å². The summed E-state index contributed by atoms with van der Waals surface area (Å²) >= 11 is 0. The molecule has 0 saturated heterocycles. The number of halogens is 6. The van der Waals surface area contributed by atoms with Gasteiger partial charge in [0, 0.05) is 18.7 Å². The predicted molar refractivity (Wildman–Crippen MR) is 99.9 cm³/mol. The number of ether oxygens (including phenoxy) is 2. The predicted octanol–water partition coefficient (Wildman–Crippen LogP) is 3.22. The molecule has 2 aromatic rings. The van der Waals surface area contributed by atoms with Crippen LogP contribution in [-0.4, -0.2) is 41.3 Å². The molecule has 2 aromatic heterocycles. The molecule has 33 heavy (non-hydrogen) atoms. The standard InChI is InChI=1S/C19H16F6N4O4/c1-11(29-16(30)10-32-12-3-5-15(28-8-12)18(20,21)22)6-7-26-17(31)14-4-2-13(9-27-14)33-19(23,24)25/h2-5,8-9H,1,6-7,10H2,(H,26,31)(H,29,30). The number of hydrogen-bond acceptors (Lipinski definition) is 6. The first-order valence-corrected chi connectivity index (χ1v) is 8.97. The SMILES string of the molecule is C=C(CCNC(=O)c1ccc(OC(F)(F)F)cn1)NC(=O)COc1ccc(C(F)(F)F)nc1. The molecular formula is C19H16F6N4O4. The zero-order chi connectivity index (χ0) is 24.6. The van der Waals surface area contributed by atoms with Gasteiger partial charge in [0.2, 0.25) is 0 Å². The molecule has 178 valence electrons. The van der Waals surface area contributed by atoms with Crippen molar-refractivity contribution < 1.29 is 45.4 Å². The molecule has 0 unspecified atom stereocenters. The smallest absolute Gasteiger partial charge is 0.482 e. The molecule has 0 atom stereocenters. The minimum Gasteiger partial charge on any atom is -0.482 e. The van der Waals surface area contributed by atoms with E-state index in [4.69, 9.17) is 4.74 Å². The van der Waals surface area contributed by atoms with E-state index in [9.17, 15) is 35.9 Å². The van der Waals surface area contributed by atoms with Gasteiger partial charge < -0.3 is 20.1 Å². The molecule has 0 aromatic carbocycles. The van der Waals surface area contributed by atoms with Crippen molar-refractivity contribution in [3.63, 3.8) is 0 Å². The number of aromatic nitrogens is 2. The summed E-state index contributed by atoms with van der Waals surface area (Å²) in [6.45, 7) is 3.09. The van der Waals surface area contributed by atoms with Crippen LogP contribution in [0.3, 0.4) is 0 Å². The lowest BCUT2D eigenvalue weighted by atomic mass is 10.3. The van der Waals surface area contributed by atoms with Gasteiger partial charge in [-0.2, -0.15) is 13.2 Å². The van der Waals surface area contributed by atoms with Gasteiger partial charge in [-0.3, -0.25) is 9.59 Å². The third-order valence-corrected chi connectivity index (χ3v) is 3.63. The van der Waals surface area contributed by atoms with Crippen molar-refractivity contribution in [2.45, 2.75) is 19.0 Å². The van der Waals surface area contributed by atoms with Gasteiger partial charge in [0.15, 0.2) is 6.61 Å². The maximum atomic E-state index is 12.4. The van der Waals surface area contributed by atoms with Crippen molar-refractivity contribution in [2.24, 2.45) is 0 Å². The Bertz CT molecular complexity index is 976. The van der Waals surface area contributed by atoms with Gasteiger partial charge in [-0.1, -0.05) is 6.58 Å². The van der Waals surface area contributed by atoms with Gasteiger partial charge in [0.1, 0.15) is 22.9 Å². The van der Waals surface area contributed by atoms with E-state index in [-0.39, 0.29) is 30.1 Å². The fourth-order valence-electron chi connectivity index (χ4n) is 2.20. The van der Waals surface area contributed by atoms with Crippen LogP contribution in [0.5, 0.6) is 11.5 Å². The summed E-state index contributed by atoms with van der Waals surface area (Å²) in [6, 6.07) is 3.70. The van der Waals surface area contributed by atoms with E-state index < -0.39 is 42.4 Å². The number of nitrogens with zero attached hydrogens (tertiary/aromatic N) is 2. The quantitative estimate of drug-likeness (QED) is 0.537. The van der Waals surface area contributed by atoms with Crippen molar-refractivity contribution in [3.8, 4) is 11.5 Å². The second-order valence-corrected chi connectivity index (χ2v) is 6.25. The number of nitrogens with one attached hydrogen (secondary N) is 2. The maximum Gasteiger partial charge on any atom is 0.573 e. The summed E-state index contributed by atoms with van der Waals surface area (Å²) in [5.74, 6) is -1.95. The third kappa shape index (κ3) is 9.04. The van der Waals surface area contributed by atoms with E-state index in [1.54, 1.807) is 0 Å². The van der Waals surface area contributed by atoms with Crippen LogP contribution >= 0.6 is 0 Å². The van der Waals surface area contributed by atoms with E-state index in [1.807, 2.05) is 0 Å². The minimum atomic E-state index is -4.88. The number of alkyl halides is 6. The van der Waals surface area contributed by atoms with E-state index in [0.29, 0.717) is 6.07 Å². The van der Waals surface area contributed by atoms with Crippen LogP contribution < -0.4 is 20.1 Å². The molecular weight excluding hydrogens is 462 g/mol. The molecule has 0 radical (unpaired) electrons. The highest BCUT2D eigenvalue weighted by molar-refractivity contribution is 5.92. The Hall–Kier alpha value is -3.84. The first-order chi connectivity index (χ1) is 15.3. The highest BCUT2D eigenvalue weighted by atomic mass is 19.4. The Morgan fingerprint density at radius 3 is 2.18 bits per heavy atom. The van der Waals surface area contributed by atoms with Crippen LogP contribution in [0.4, 0.5) is 26.3 Å². The molecule has 14 heteroatoms. The highest BCUT2D eigenvalue weighted by Gasteiger charge is 2.32. The molecule has 0 bridgehead atoms. The lowest BCUT2D eigenvalue weighted by Gasteiger charge is -2.11. The number of pyridine rings is 2. The van der Waals surface area contributed by atoms with Crippen LogP contribution in [0.15, 0.2) is 48.9 Å². The van der Waals surface area contributed by atoms with Crippen LogP contribution in [0.1, 0.15) is 22.6 Å². The zero-order valence-electron chi connectivity index (χ0n) is 16.6. The van der Waals surface area contributed by atoms with Gasteiger partial charge in [0.25, 0.3) is 11.8 Å². The summed E-state index contributed by atoms with van der Waals surface area (Å²) in [5.41, 5.74) is -1.05. The van der Waals surface area contributed by atoms with Crippen LogP contribution in [0.25, 0.3) is 0 Å². The lowest BCUT2D eigenvalue weighted by molar-refractivity contribution is -0.274. The summed E-state index contributed by atoms with van der Waals surface area (Å²) in [6.07, 6.45) is -7.79. The molecule has 0 spiro atoms. The van der Waals surface area contributed by atoms with Gasteiger partial charge in [-0.15, -0.1) is 13.2 Å². The van der Waals surface area contributed by atoms with E-state index in [0.717, 1.165) is 30.6 Å². The topological polar surface area (TPSA) is 102 Å². The monoisotopic (exact) mass is 478 g/mol. The van der Waals surface area contributed by atoms with Gasteiger partial charge in [-0.25, -0.2) is 9.97 Å². The molecule has 0 aliphatic carbocycles. The van der Waals surface area contributed by atoms with Crippen molar-refractivity contribution >= 4 is 11.8 Å². The fraction of sp³-hybridized carbons (Fsp3) is 0.263. The number of amides is 2. The van der Waals surface area contributed by atoms with Gasteiger partial charge >= 0.3 is 12.5 Å². The lowest BCUT2D eigenvalue weighted by Crippen LogP contribution is -2.31. The first kappa shape index (κ1) is 25.4. The zero-order valence-corrected chi connectivity index (χ0v) is 16.6. The maximum absolute atomic E-state index is 12.4. The van der Waals surface area contributed by atoms with Gasteiger partial charge in [-0.05, 0) is 24.3 Å². The number of carbonyl (C=O) groups is 2. The van der Waals surface area contributed by atoms with E-state index in [2.05, 4.69) is 31.9 Å². The summed E-state index contributed by atoms with van der Waals surface area (Å²) in [7, 11) is 0. The second kappa shape index (κ2) is 10.7. The van der Waals surface area contributed by atoms with Gasteiger partial charge in [0.05, 0.1) is 12.4 Å². The van der Waals surface area contributed by atoms with Crippen molar-refractivity contribution in [3.05, 3.63) is 60.3 Å². The molecule has 2 rings (SSSR count). The van der Waals surface area contributed by atoms with E-state index in [1.165, 1.54) is 0 Å². The average molecular weight is 478 g/mol. The number of carbonyl (C=O) groups excluding carboxylic acids is 2. The second-order valence-electron chi connectivity index (χ2n) is 6.25. The average Bonchev–Trinajstić information content (AvgIpc) is 2.71. The fourth-order valence-corrected chi connectivity index (χ4v) is 2.20. The Kier molecular flexibility index (Phi) is 8.21. The van der Waals surface area contributed by atoms with Crippen molar-refractivity contribution in [1.82, 2.24) is 20.6 Å². The van der Waals surface area contributed by atoms with Crippen molar-refractivity contribution in [1.29, 1.82) is 0 Å². The molecule has 0 aliphatic rings. The minimum absolute atomic E-state index is 0.0180. The highest BCUT2D eigenvalue weighted by Crippen LogP contribution is 2.28. The molecule has 0 aliphatic heterocycles.